The number of carbonyl (C=O) groups excluding carboxylic acids is 1. The number of benzene rings is 2. The van der Waals surface area contributed by atoms with E-state index < -0.39 is 42.8 Å². The van der Waals surface area contributed by atoms with E-state index in [0.29, 0.717) is 0 Å². The number of hydrogen-bond donors (Lipinski definition) is 5. The van der Waals surface area contributed by atoms with Crippen LogP contribution < -0.4 is 5.32 Å². The van der Waals surface area contributed by atoms with Gasteiger partial charge in [-0.05, 0) is 22.3 Å². The second kappa shape index (κ2) is 9.86. The first-order chi connectivity index (χ1) is 15.9. The molecule has 2 unspecified atom stereocenters. The molecule has 10 heteroatoms. The second-order valence-corrected chi connectivity index (χ2v) is 7.86. The Hall–Kier alpha value is -3.02. The first-order valence-electron chi connectivity index (χ1n) is 10.5. The number of carboxylic acid groups (broad SMARTS) is 1. The summed E-state index contributed by atoms with van der Waals surface area (Å²) in [6.07, 6.45) is -9.08. The van der Waals surface area contributed by atoms with Crippen LogP contribution in [0.5, 0.6) is 0 Å². The Bertz CT molecular complexity index is 967. The van der Waals surface area contributed by atoms with Crippen LogP contribution in [0.15, 0.2) is 48.5 Å². The average Bonchev–Trinajstić information content (AvgIpc) is 3.13. The van der Waals surface area contributed by atoms with Crippen LogP contribution in [-0.4, -0.2) is 83.0 Å². The van der Waals surface area contributed by atoms with Crippen molar-refractivity contribution in [3.63, 3.8) is 0 Å². The number of carboxylic acids is 1. The van der Waals surface area contributed by atoms with Crippen LogP contribution >= 0.6 is 0 Å². The van der Waals surface area contributed by atoms with Gasteiger partial charge in [0.2, 0.25) is 0 Å². The fraction of sp³-hybridized carbons (Fsp3) is 0.391. The molecule has 1 aliphatic carbocycles. The fourth-order valence-electron chi connectivity index (χ4n) is 4.17. The van der Waals surface area contributed by atoms with Crippen LogP contribution in [0.1, 0.15) is 17.0 Å². The zero-order chi connectivity index (χ0) is 23.5. The number of carbonyl (C=O) groups is 2. The molecule has 5 atom stereocenters. The summed E-state index contributed by atoms with van der Waals surface area (Å²) in [5.41, 5.74) is 4.42. The Morgan fingerprint density at radius 1 is 0.909 bits per heavy atom. The number of fused-ring (bicyclic) bond motifs is 3. The predicted molar refractivity (Wildman–Crippen MR) is 113 cm³/mol. The van der Waals surface area contributed by atoms with Crippen LogP contribution in [0, 0.1) is 0 Å². The fourth-order valence-corrected chi connectivity index (χ4v) is 4.17. The summed E-state index contributed by atoms with van der Waals surface area (Å²) in [4.78, 5) is 23.3. The molecule has 0 saturated carbocycles. The molecule has 1 amide bonds. The van der Waals surface area contributed by atoms with E-state index in [-0.39, 0.29) is 25.7 Å². The summed E-state index contributed by atoms with van der Waals surface area (Å²) in [5, 5.41) is 40.9. The van der Waals surface area contributed by atoms with Crippen molar-refractivity contribution in [1.29, 1.82) is 0 Å². The molecule has 1 saturated heterocycles. The Kier molecular flexibility index (Phi) is 6.91. The van der Waals surface area contributed by atoms with E-state index >= 15 is 0 Å². The number of nitrogens with one attached hydrogen (secondary N) is 1. The summed E-state index contributed by atoms with van der Waals surface area (Å²) in [6, 6.07) is 15.9. The highest BCUT2D eigenvalue weighted by molar-refractivity contribution is 5.79. The van der Waals surface area contributed by atoms with Gasteiger partial charge < -0.3 is 40.0 Å². The molecule has 176 valence electrons. The van der Waals surface area contributed by atoms with Crippen molar-refractivity contribution >= 4 is 12.1 Å². The van der Waals surface area contributed by atoms with Crippen molar-refractivity contribution in [2.45, 2.75) is 36.6 Å². The molecular weight excluding hydrogens is 434 g/mol. The van der Waals surface area contributed by atoms with E-state index in [1.807, 2.05) is 48.5 Å². The minimum atomic E-state index is -1.80. The summed E-state index contributed by atoms with van der Waals surface area (Å²) < 4.78 is 15.6. The normalized spacial score (nSPS) is 26.3. The zero-order valence-electron chi connectivity index (χ0n) is 17.5. The van der Waals surface area contributed by atoms with E-state index in [9.17, 15) is 24.9 Å². The van der Waals surface area contributed by atoms with Gasteiger partial charge in [-0.3, -0.25) is 0 Å². The van der Waals surface area contributed by atoms with E-state index in [4.69, 9.17) is 19.3 Å². The molecule has 4 rings (SSSR count). The van der Waals surface area contributed by atoms with E-state index in [1.165, 1.54) is 0 Å². The minimum Gasteiger partial charge on any atom is -0.479 e. The summed E-state index contributed by atoms with van der Waals surface area (Å²) in [5.74, 6) is -1.58. The number of hydrogen-bond acceptors (Lipinski definition) is 8. The van der Waals surface area contributed by atoms with Crippen LogP contribution in [0.2, 0.25) is 0 Å². The van der Waals surface area contributed by atoms with Crippen LogP contribution in [0.4, 0.5) is 4.79 Å². The number of aliphatic hydroxyl groups is 3. The van der Waals surface area contributed by atoms with Crippen molar-refractivity contribution in [1.82, 2.24) is 5.32 Å². The highest BCUT2D eigenvalue weighted by atomic mass is 16.7. The molecule has 0 aromatic heterocycles. The smallest absolute Gasteiger partial charge is 0.407 e. The number of alkyl carbamates (subject to hydrolysis) is 1. The molecule has 5 N–H and O–H groups in total. The Labute approximate surface area is 189 Å². The number of aliphatic carboxylic acids is 1. The molecule has 2 aromatic carbocycles. The lowest BCUT2D eigenvalue weighted by atomic mass is 9.98. The Balaban J connectivity index is 1.25. The maximum atomic E-state index is 12.2. The third-order valence-electron chi connectivity index (χ3n) is 5.81. The van der Waals surface area contributed by atoms with Crippen molar-refractivity contribution in [3.05, 3.63) is 59.7 Å². The molecule has 1 heterocycles. The largest absolute Gasteiger partial charge is 0.479 e. The predicted octanol–water partition coefficient (Wildman–Crippen LogP) is 0.434. The standard InChI is InChI=1S/C23H25NO9/c25-17-18(26)20(21(28)29)33-22(19(17)27)31-10-9-24-23(30)32-11-16-14-7-3-1-5-12(14)13-6-2-4-8-15(13)16/h1-8,16-20,22,25-27H,9-11H2,(H,24,30)(H,28,29)/t17?,18-,19-,20?,22+/m0/s1. The van der Waals surface area contributed by atoms with Gasteiger partial charge in [-0.1, -0.05) is 48.5 Å². The molecular formula is C23H25NO9. The molecule has 1 aliphatic heterocycles. The highest BCUT2D eigenvalue weighted by Gasteiger charge is 2.47. The first kappa shape index (κ1) is 23.1. The molecule has 2 aliphatic rings. The van der Waals surface area contributed by atoms with Crippen molar-refractivity contribution < 1.29 is 44.2 Å². The topological polar surface area (TPSA) is 155 Å². The van der Waals surface area contributed by atoms with Gasteiger partial charge in [-0.25, -0.2) is 9.59 Å². The van der Waals surface area contributed by atoms with Gasteiger partial charge in [0, 0.05) is 12.5 Å². The molecule has 10 nitrogen and oxygen atoms in total. The van der Waals surface area contributed by atoms with Crippen LogP contribution in [0.3, 0.4) is 0 Å². The third-order valence-corrected chi connectivity index (χ3v) is 5.81. The number of rotatable bonds is 7. The van der Waals surface area contributed by atoms with Gasteiger partial charge in [0.25, 0.3) is 0 Å². The van der Waals surface area contributed by atoms with Gasteiger partial charge in [-0.15, -0.1) is 0 Å². The van der Waals surface area contributed by atoms with Gasteiger partial charge in [-0.2, -0.15) is 0 Å². The molecule has 0 bridgehead atoms. The second-order valence-electron chi connectivity index (χ2n) is 7.86. The summed E-state index contributed by atoms with van der Waals surface area (Å²) in [6.45, 7) is -0.0176. The van der Waals surface area contributed by atoms with Crippen molar-refractivity contribution in [2.24, 2.45) is 0 Å². The summed E-state index contributed by atoms with van der Waals surface area (Å²) in [7, 11) is 0. The van der Waals surface area contributed by atoms with E-state index in [2.05, 4.69) is 5.32 Å². The van der Waals surface area contributed by atoms with Crippen molar-refractivity contribution in [2.75, 3.05) is 19.8 Å². The third kappa shape index (κ3) is 4.70. The lowest BCUT2D eigenvalue weighted by Gasteiger charge is -2.38. The number of ether oxygens (including phenoxy) is 3. The minimum absolute atomic E-state index is 0.0142. The quantitative estimate of drug-likeness (QED) is 0.371. The molecule has 0 radical (unpaired) electrons. The molecule has 0 spiro atoms. The van der Waals surface area contributed by atoms with Crippen LogP contribution in [-0.2, 0) is 19.0 Å². The number of amides is 1. The lowest BCUT2D eigenvalue weighted by molar-refractivity contribution is -0.293. The molecule has 2 aromatic rings. The van der Waals surface area contributed by atoms with E-state index in [1.54, 1.807) is 0 Å². The molecule has 1 fully saturated rings. The first-order valence-corrected chi connectivity index (χ1v) is 10.5. The average molecular weight is 459 g/mol. The van der Waals surface area contributed by atoms with Crippen molar-refractivity contribution in [3.8, 4) is 11.1 Å². The van der Waals surface area contributed by atoms with Crippen LogP contribution in [0.25, 0.3) is 11.1 Å². The van der Waals surface area contributed by atoms with E-state index in [0.717, 1.165) is 22.3 Å². The zero-order valence-corrected chi connectivity index (χ0v) is 17.5. The number of aliphatic hydroxyl groups excluding tert-OH is 3. The lowest BCUT2D eigenvalue weighted by Crippen LogP contribution is -2.60. The monoisotopic (exact) mass is 459 g/mol. The SMILES string of the molecule is O=C(NCCO[C@@H]1OC(C(=O)O)[C@@H](O)C(O)[C@@H]1O)OCC1c2ccccc2-c2ccccc21. The maximum absolute atomic E-state index is 12.2. The van der Waals surface area contributed by atoms with Gasteiger partial charge >= 0.3 is 12.1 Å². The Morgan fingerprint density at radius 3 is 2.12 bits per heavy atom. The molecule has 33 heavy (non-hydrogen) atoms. The summed E-state index contributed by atoms with van der Waals surface area (Å²) >= 11 is 0. The highest BCUT2D eigenvalue weighted by Crippen LogP contribution is 2.44. The maximum Gasteiger partial charge on any atom is 0.407 e. The van der Waals surface area contributed by atoms with Gasteiger partial charge in [0.1, 0.15) is 24.9 Å². The Morgan fingerprint density at radius 2 is 1.52 bits per heavy atom. The van der Waals surface area contributed by atoms with Gasteiger partial charge in [0.05, 0.1) is 6.61 Å². The van der Waals surface area contributed by atoms with Gasteiger partial charge in [0.15, 0.2) is 12.4 Å².